The van der Waals surface area contributed by atoms with Crippen LogP contribution in [-0.4, -0.2) is 12.1 Å². The van der Waals surface area contributed by atoms with Crippen molar-refractivity contribution in [3.05, 3.63) is 0 Å². The van der Waals surface area contributed by atoms with E-state index in [1.54, 1.807) is 0 Å². The van der Waals surface area contributed by atoms with Gasteiger partial charge in [-0.15, -0.1) is 0 Å². The normalized spacial score (nSPS) is 30.4. The van der Waals surface area contributed by atoms with Crippen molar-refractivity contribution < 1.29 is 9.53 Å². The minimum atomic E-state index is -0.0347. The standard InChI is InChI=1S/C14H26O2/c1-10(2)16-12(15)11(3)14(6)9-7-8-13(14,4)5/h10-11H,7-9H2,1-6H3. The third-order valence-electron chi connectivity index (χ3n) is 4.71. The second kappa shape index (κ2) is 4.38. The Balaban J connectivity index is 2.80. The molecule has 0 radical (unpaired) electrons. The molecule has 2 unspecified atom stereocenters. The molecule has 1 aliphatic rings. The van der Waals surface area contributed by atoms with Crippen LogP contribution in [0.5, 0.6) is 0 Å². The number of hydrogen-bond acceptors (Lipinski definition) is 2. The van der Waals surface area contributed by atoms with E-state index in [4.69, 9.17) is 4.74 Å². The lowest BCUT2D eigenvalue weighted by Gasteiger charge is -2.42. The van der Waals surface area contributed by atoms with Gasteiger partial charge in [0.15, 0.2) is 0 Å². The molecular formula is C14H26O2. The molecular weight excluding hydrogens is 200 g/mol. The van der Waals surface area contributed by atoms with E-state index in [1.165, 1.54) is 12.8 Å². The molecule has 1 fully saturated rings. The summed E-state index contributed by atoms with van der Waals surface area (Å²) in [6, 6.07) is 0. The number of rotatable bonds is 3. The molecule has 2 atom stereocenters. The minimum absolute atomic E-state index is 0.00704. The fraction of sp³-hybridized carbons (Fsp3) is 0.929. The molecule has 0 spiro atoms. The van der Waals surface area contributed by atoms with Crippen molar-refractivity contribution in [1.82, 2.24) is 0 Å². The molecule has 0 aromatic rings. The molecule has 1 rings (SSSR count). The first-order valence-corrected chi connectivity index (χ1v) is 6.41. The van der Waals surface area contributed by atoms with Crippen molar-refractivity contribution in [2.45, 2.75) is 66.9 Å². The highest BCUT2D eigenvalue weighted by molar-refractivity contribution is 5.73. The van der Waals surface area contributed by atoms with Gasteiger partial charge in [0.05, 0.1) is 12.0 Å². The van der Waals surface area contributed by atoms with Crippen LogP contribution in [-0.2, 0) is 9.53 Å². The van der Waals surface area contributed by atoms with Crippen LogP contribution in [0.1, 0.15) is 60.8 Å². The number of carbonyl (C=O) groups is 1. The van der Waals surface area contributed by atoms with Crippen molar-refractivity contribution in [3.8, 4) is 0 Å². The predicted molar refractivity (Wildman–Crippen MR) is 66.1 cm³/mol. The van der Waals surface area contributed by atoms with Gasteiger partial charge in [0, 0.05) is 0 Å². The third kappa shape index (κ3) is 2.26. The largest absolute Gasteiger partial charge is 0.463 e. The Morgan fingerprint density at radius 1 is 1.12 bits per heavy atom. The van der Waals surface area contributed by atoms with Crippen LogP contribution in [0.3, 0.4) is 0 Å². The van der Waals surface area contributed by atoms with Crippen molar-refractivity contribution in [2.24, 2.45) is 16.7 Å². The van der Waals surface area contributed by atoms with Crippen LogP contribution in [0.4, 0.5) is 0 Å². The zero-order chi connectivity index (χ0) is 12.6. The van der Waals surface area contributed by atoms with Crippen LogP contribution < -0.4 is 0 Å². The first-order chi connectivity index (χ1) is 7.21. The molecule has 0 heterocycles. The van der Waals surface area contributed by atoms with Gasteiger partial charge in [0.1, 0.15) is 0 Å². The van der Waals surface area contributed by atoms with E-state index in [2.05, 4.69) is 20.8 Å². The van der Waals surface area contributed by atoms with Crippen molar-refractivity contribution >= 4 is 5.97 Å². The van der Waals surface area contributed by atoms with Crippen molar-refractivity contribution in [3.63, 3.8) is 0 Å². The summed E-state index contributed by atoms with van der Waals surface area (Å²) in [6.07, 6.45) is 3.56. The van der Waals surface area contributed by atoms with Gasteiger partial charge in [-0.05, 0) is 37.5 Å². The Bertz CT molecular complexity index is 268. The summed E-state index contributed by atoms with van der Waals surface area (Å²) < 4.78 is 5.34. The van der Waals surface area contributed by atoms with Crippen molar-refractivity contribution in [1.29, 1.82) is 0 Å². The van der Waals surface area contributed by atoms with E-state index in [9.17, 15) is 4.79 Å². The SMILES string of the molecule is CC(C)OC(=O)C(C)C1(C)CCCC1(C)C. The average Bonchev–Trinajstić information content (AvgIpc) is 2.40. The summed E-state index contributed by atoms with van der Waals surface area (Å²) in [5.74, 6) is -0.0418. The number of esters is 1. The molecule has 0 aromatic carbocycles. The lowest BCUT2D eigenvalue weighted by molar-refractivity contribution is -0.159. The van der Waals surface area contributed by atoms with E-state index in [0.29, 0.717) is 0 Å². The Labute approximate surface area is 99.8 Å². The van der Waals surface area contributed by atoms with E-state index in [1.807, 2.05) is 20.8 Å². The molecule has 0 aromatic heterocycles. The molecule has 1 saturated carbocycles. The van der Waals surface area contributed by atoms with E-state index < -0.39 is 0 Å². The number of carbonyl (C=O) groups excluding carboxylic acids is 1. The number of ether oxygens (including phenoxy) is 1. The van der Waals surface area contributed by atoms with Crippen LogP contribution >= 0.6 is 0 Å². The molecule has 2 nitrogen and oxygen atoms in total. The van der Waals surface area contributed by atoms with Crippen LogP contribution in [0.15, 0.2) is 0 Å². The maximum absolute atomic E-state index is 12.0. The summed E-state index contributed by atoms with van der Waals surface area (Å²) in [4.78, 5) is 12.0. The molecule has 16 heavy (non-hydrogen) atoms. The monoisotopic (exact) mass is 226 g/mol. The summed E-state index contributed by atoms with van der Waals surface area (Å²) >= 11 is 0. The average molecular weight is 226 g/mol. The summed E-state index contributed by atoms with van der Waals surface area (Å²) in [5.41, 5.74) is 0.321. The van der Waals surface area contributed by atoms with Gasteiger partial charge < -0.3 is 4.74 Å². The van der Waals surface area contributed by atoms with Crippen molar-refractivity contribution in [2.75, 3.05) is 0 Å². The smallest absolute Gasteiger partial charge is 0.309 e. The highest BCUT2D eigenvalue weighted by Crippen LogP contribution is 2.56. The maximum atomic E-state index is 12.0. The Hall–Kier alpha value is -0.530. The van der Waals surface area contributed by atoms with Gasteiger partial charge >= 0.3 is 5.97 Å². The summed E-state index contributed by atoms with van der Waals surface area (Å²) in [5, 5.41) is 0. The van der Waals surface area contributed by atoms with Crippen LogP contribution in [0.25, 0.3) is 0 Å². The first kappa shape index (κ1) is 13.5. The zero-order valence-corrected chi connectivity index (χ0v) is 11.6. The molecule has 94 valence electrons. The Kier molecular flexibility index (Phi) is 3.71. The lowest BCUT2D eigenvalue weighted by Crippen LogP contribution is -2.40. The van der Waals surface area contributed by atoms with Crippen LogP contribution in [0, 0.1) is 16.7 Å². The van der Waals surface area contributed by atoms with E-state index >= 15 is 0 Å². The van der Waals surface area contributed by atoms with Gasteiger partial charge in [-0.3, -0.25) is 4.79 Å². The Morgan fingerprint density at radius 2 is 1.69 bits per heavy atom. The lowest BCUT2D eigenvalue weighted by atomic mass is 9.62. The Morgan fingerprint density at radius 3 is 2.06 bits per heavy atom. The van der Waals surface area contributed by atoms with Crippen LogP contribution in [0.2, 0.25) is 0 Å². The number of hydrogen-bond donors (Lipinski definition) is 0. The summed E-state index contributed by atoms with van der Waals surface area (Å²) in [6.45, 7) is 12.6. The second-order valence-electron chi connectivity index (χ2n) is 6.36. The molecule has 0 aliphatic heterocycles. The highest BCUT2D eigenvalue weighted by atomic mass is 16.5. The quantitative estimate of drug-likeness (QED) is 0.684. The van der Waals surface area contributed by atoms with E-state index in [-0.39, 0.29) is 28.8 Å². The molecule has 0 amide bonds. The minimum Gasteiger partial charge on any atom is -0.463 e. The predicted octanol–water partition coefficient (Wildman–Crippen LogP) is 3.79. The first-order valence-electron chi connectivity index (χ1n) is 6.41. The molecule has 1 aliphatic carbocycles. The fourth-order valence-electron chi connectivity index (χ4n) is 2.92. The highest BCUT2D eigenvalue weighted by Gasteiger charge is 2.51. The summed E-state index contributed by atoms with van der Waals surface area (Å²) in [7, 11) is 0. The molecule has 0 bridgehead atoms. The third-order valence-corrected chi connectivity index (χ3v) is 4.71. The zero-order valence-electron chi connectivity index (χ0n) is 11.6. The van der Waals surface area contributed by atoms with Gasteiger partial charge in [0.25, 0.3) is 0 Å². The van der Waals surface area contributed by atoms with Gasteiger partial charge in [-0.1, -0.05) is 34.1 Å². The fourth-order valence-corrected chi connectivity index (χ4v) is 2.92. The van der Waals surface area contributed by atoms with Gasteiger partial charge in [-0.25, -0.2) is 0 Å². The second-order valence-corrected chi connectivity index (χ2v) is 6.36. The molecule has 2 heteroatoms. The molecule has 0 saturated heterocycles. The molecule has 0 N–H and O–H groups in total. The maximum Gasteiger partial charge on any atom is 0.309 e. The van der Waals surface area contributed by atoms with E-state index in [0.717, 1.165) is 6.42 Å². The topological polar surface area (TPSA) is 26.3 Å². The van der Waals surface area contributed by atoms with Gasteiger partial charge in [-0.2, -0.15) is 0 Å². The van der Waals surface area contributed by atoms with Gasteiger partial charge in [0.2, 0.25) is 0 Å².